The summed E-state index contributed by atoms with van der Waals surface area (Å²) >= 11 is 0. The van der Waals surface area contributed by atoms with Crippen LogP contribution in [-0.4, -0.2) is 54.1 Å². The Morgan fingerprint density at radius 2 is 2.13 bits per heavy atom. The van der Waals surface area contributed by atoms with Crippen molar-refractivity contribution in [2.75, 3.05) is 20.2 Å². The van der Waals surface area contributed by atoms with Crippen LogP contribution >= 0.6 is 0 Å². The number of esters is 1. The van der Waals surface area contributed by atoms with Crippen LogP contribution in [0.15, 0.2) is 0 Å². The zero-order valence-electron chi connectivity index (χ0n) is 8.17. The molecule has 3 N–H and O–H groups in total. The molecule has 0 spiro atoms. The molecule has 7 nitrogen and oxygen atoms in total. The van der Waals surface area contributed by atoms with Crippen LogP contribution in [0.2, 0.25) is 0 Å². The summed E-state index contributed by atoms with van der Waals surface area (Å²) in [5, 5.41) is 8.72. The Balaban J connectivity index is 2.81. The number of piperidine rings is 1. The third kappa shape index (κ3) is 2.24. The van der Waals surface area contributed by atoms with E-state index in [-0.39, 0.29) is 13.1 Å². The number of methoxy groups -OCH3 is 1. The predicted octanol–water partition coefficient (Wildman–Crippen LogP) is -1.33. The second-order valence-electron chi connectivity index (χ2n) is 3.27. The van der Waals surface area contributed by atoms with Crippen molar-refractivity contribution < 1.29 is 24.2 Å². The zero-order valence-corrected chi connectivity index (χ0v) is 8.17. The summed E-state index contributed by atoms with van der Waals surface area (Å²) in [6.45, 7) is -0.268. The van der Waals surface area contributed by atoms with Crippen molar-refractivity contribution in [1.29, 1.82) is 0 Å². The molecule has 0 aliphatic carbocycles. The highest BCUT2D eigenvalue weighted by molar-refractivity contribution is 6.03. The number of amides is 1. The molecule has 1 saturated heterocycles. The summed E-state index contributed by atoms with van der Waals surface area (Å²) in [5.41, 5.74) is 5.43. The third-order valence-electron chi connectivity index (χ3n) is 2.29. The second kappa shape index (κ2) is 4.26. The van der Waals surface area contributed by atoms with Crippen molar-refractivity contribution in [3.05, 3.63) is 0 Å². The lowest BCUT2D eigenvalue weighted by atomic mass is 9.93. The Morgan fingerprint density at radius 1 is 1.53 bits per heavy atom. The number of Topliss-reactive ketones (excluding diaryl/α,β-unsaturated/α-hetero) is 1. The number of ether oxygens (including phenoxy) is 1. The van der Waals surface area contributed by atoms with E-state index in [1.54, 1.807) is 0 Å². The van der Waals surface area contributed by atoms with Crippen LogP contribution in [-0.2, 0) is 14.3 Å². The quantitative estimate of drug-likeness (QED) is 0.415. The van der Waals surface area contributed by atoms with Gasteiger partial charge in [0.05, 0.1) is 13.2 Å². The van der Waals surface area contributed by atoms with Crippen LogP contribution < -0.4 is 5.73 Å². The molecule has 0 aromatic rings. The Hall–Kier alpha value is -1.63. The molecule has 1 amide bonds. The highest BCUT2D eigenvalue weighted by Gasteiger charge is 2.40. The van der Waals surface area contributed by atoms with Crippen molar-refractivity contribution in [2.45, 2.75) is 6.04 Å². The van der Waals surface area contributed by atoms with Crippen molar-refractivity contribution >= 4 is 17.8 Å². The Bertz CT molecular complexity index is 303. The van der Waals surface area contributed by atoms with E-state index < -0.39 is 29.8 Å². The molecule has 1 fully saturated rings. The normalized spacial score (nSPS) is 26.3. The lowest BCUT2D eigenvalue weighted by Gasteiger charge is -2.31. The molecule has 1 heterocycles. The van der Waals surface area contributed by atoms with Crippen LogP contribution in [0.25, 0.3) is 0 Å². The maximum absolute atomic E-state index is 11.4. The van der Waals surface area contributed by atoms with E-state index in [0.29, 0.717) is 0 Å². The maximum atomic E-state index is 11.4. The largest absolute Gasteiger partial charge is 0.468 e. The van der Waals surface area contributed by atoms with Gasteiger partial charge in [0.15, 0.2) is 5.78 Å². The minimum absolute atomic E-state index is 0.0817. The molecule has 1 aliphatic heterocycles. The van der Waals surface area contributed by atoms with E-state index in [1.165, 1.54) is 0 Å². The minimum Gasteiger partial charge on any atom is -0.468 e. The van der Waals surface area contributed by atoms with Crippen LogP contribution in [0, 0.1) is 5.92 Å². The Kier molecular flexibility index (Phi) is 3.25. The molecule has 2 unspecified atom stereocenters. The number of nitrogens with two attached hydrogens (primary N) is 1. The fourth-order valence-corrected chi connectivity index (χ4v) is 1.46. The summed E-state index contributed by atoms with van der Waals surface area (Å²) in [7, 11) is 1.14. The molecule has 1 rings (SSSR count). The summed E-state index contributed by atoms with van der Waals surface area (Å²) < 4.78 is 4.40. The highest BCUT2D eigenvalue weighted by Crippen LogP contribution is 2.14. The van der Waals surface area contributed by atoms with Crippen molar-refractivity contribution in [3.8, 4) is 0 Å². The van der Waals surface area contributed by atoms with E-state index in [1.807, 2.05) is 0 Å². The number of rotatable bonds is 1. The maximum Gasteiger partial charge on any atom is 0.407 e. The Morgan fingerprint density at radius 3 is 2.60 bits per heavy atom. The fraction of sp³-hybridized carbons (Fsp3) is 0.625. The van der Waals surface area contributed by atoms with Crippen molar-refractivity contribution in [3.63, 3.8) is 0 Å². The smallest absolute Gasteiger partial charge is 0.407 e. The molecule has 2 atom stereocenters. The van der Waals surface area contributed by atoms with Gasteiger partial charge in [-0.1, -0.05) is 0 Å². The standard InChI is InChI=1S/C8H12N2O5/c1-15-7(12)4-2-10(8(13)14)3-5(9)6(4)11/h4-5H,2-3,9H2,1H3,(H,13,14). The van der Waals surface area contributed by atoms with Gasteiger partial charge in [0.25, 0.3) is 0 Å². The minimum atomic E-state index is -1.20. The molecule has 0 radical (unpaired) electrons. The van der Waals surface area contributed by atoms with Crippen LogP contribution in [0.5, 0.6) is 0 Å². The second-order valence-corrected chi connectivity index (χ2v) is 3.27. The van der Waals surface area contributed by atoms with Gasteiger partial charge >= 0.3 is 12.1 Å². The number of hydrogen-bond acceptors (Lipinski definition) is 5. The van der Waals surface area contributed by atoms with E-state index in [2.05, 4.69) is 4.74 Å². The topological polar surface area (TPSA) is 110 Å². The van der Waals surface area contributed by atoms with E-state index in [4.69, 9.17) is 10.8 Å². The lowest BCUT2D eigenvalue weighted by Crippen LogP contribution is -2.57. The first-order valence-corrected chi connectivity index (χ1v) is 4.32. The van der Waals surface area contributed by atoms with Crippen LogP contribution in [0.1, 0.15) is 0 Å². The highest BCUT2D eigenvalue weighted by atomic mass is 16.5. The third-order valence-corrected chi connectivity index (χ3v) is 2.29. The van der Waals surface area contributed by atoms with Crippen molar-refractivity contribution in [2.24, 2.45) is 11.7 Å². The first kappa shape index (κ1) is 11.4. The predicted molar refractivity (Wildman–Crippen MR) is 48.1 cm³/mol. The summed E-state index contributed by atoms with van der Waals surface area (Å²) in [4.78, 5) is 34.2. The van der Waals surface area contributed by atoms with Gasteiger partial charge < -0.3 is 20.5 Å². The van der Waals surface area contributed by atoms with Gasteiger partial charge in [-0.25, -0.2) is 4.79 Å². The fourth-order valence-electron chi connectivity index (χ4n) is 1.46. The van der Waals surface area contributed by atoms with Gasteiger partial charge in [0.2, 0.25) is 0 Å². The number of carboxylic acid groups (broad SMARTS) is 1. The number of nitrogens with zero attached hydrogens (tertiary/aromatic N) is 1. The molecule has 0 bridgehead atoms. The summed E-state index contributed by atoms with van der Waals surface area (Å²) in [6.07, 6.45) is -1.20. The monoisotopic (exact) mass is 216 g/mol. The van der Waals surface area contributed by atoms with Gasteiger partial charge in [-0.05, 0) is 0 Å². The molecule has 1 aliphatic rings. The number of likely N-dealkylation sites (tertiary alicyclic amines) is 1. The van der Waals surface area contributed by atoms with E-state index >= 15 is 0 Å². The molecule has 15 heavy (non-hydrogen) atoms. The van der Waals surface area contributed by atoms with Gasteiger partial charge in [0.1, 0.15) is 5.92 Å². The average molecular weight is 216 g/mol. The molecule has 0 aromatic carbocycles. The van der Waals surface area contributed by atoms with Crippen molar-refractivity contribution in [1.82, 2.24) is 4.90 Å². The van der Waals surface area contributed by atoms with Gasteiger partial charge in [-0.15, -0.1) is 0 Å². The molecule has 0 saturated carbocycles. The first-order chi connectivity index (χ1) is 6.97. The molecule has 7 heteroatoms. The Labute approximate surface area is 85.8 Å². The zero-order chi connectivity index (χ0) is 11.6. The van der Waals surface area contributed by atoms with Crippen LogP contribution in [0.4, 0.5) is 4.79 Å². The molecular weight excluding hydrogens is 204 g/mol. The molecule has 0 aromatic heterocycles. The van der Waals surface area contributed by atoms with Gasteiger partial charge in [0, 0.05) is 13.1 Å². The lowest BCUT2D eigenvalue weighted by molar-refractivity contribution is -0.151. The summed E-state index contributed by atoms with van der Waals surface area (Å²) in [5.74, 6) is -2.32. The average Bonchev–Trinajstić information content (AvgIpc) is 2.20. The summed E-state index contributed by atoms with van der Waals surface area (Å²) in [6, 6.07) is -0.959. The first-order valence-electron chi connectivity index (χ1n) is 4.32. The van der Waals surface area contributed by atoms with Gasteiger partial charge in [-0.2, -0.15) is 0 Å². The van der Waals surface area contributed by atoms with E-state index in [0.717, 1.165) is 12.0 Å². The van der Waals surface area contributed by atoms with Crippen LogP contribution in [0.3, 0.4) is 0 Å². The number of carbonyl (C=O) groups is 3. The molecular formula is C8H12N2O5. The SMILES string of the molecule is COC(=O)C1CN(C(=O)O)CC(N)C1=O. The molecule has 84 valence electrons. The van der Waals surface area contributed by atoms with E-state index in [9.17, 15) is 14.4 Å². The van der Waals surface area contributed by atoms with Gasteiger partial charge in [-0.3, -0.25) is 9.59 Å². The number of hydrogen-bond donors (Lipinski definition) is 2. The number of ketones is 1. The number of carbonyl (C=O) groups excluding carboxylic acids is 2.